The van der Waals surface area contributed by atoms with E-state index in [1.807, 2.05) is 0 Å². The molecule has 76 valence electrons. The molecular weight excluding hydrogens is 180 g/mol. The van der Waals surface area contributed by atoms with Gasteiger partial charge in [0.15, 0.2) is 5.17 Å². The van der Waals surface area contributed by atoms with Crippen LogP contribution in [0.1, 0.15) is 33.1 Å². The Morgan fingerprint density at radius 2 is 2.15 bits per heavy atom. The molecule has 2 N–H and O–H groups in total. The molecule has 13 heavy (non-hydrogen) atoms. The van der Waals surface area contributed by atoms with Gasteiger partial charge in [0.2, 0.25) is 0 Å². The number of hydrogen-bond donors (Lipinski definition) is 1. The molecule has 0 aliphatic carbocycles. The first kappa shape index (κ1) is 12.6. The van der Waals surface area contributed by atoms with Crippen LogP contribution in [0, 0.1) is 5.92 Å². The van der Waals surface area contributed by atoms with Gasteiger partial charge in [-0.05, 0) is 23.7 Å². The molecule has 0 radical (unpaired) electrons. The fourth-order valence-electron chi connectivity index (χ4n) is 1.20. The van der Waals surface area contributed by atoms with Gasteiger partial charge in [-0.3, -0.25) is 4.99 Å². The van der Waals surface area contributed by atoms with Gasteiger partial charge in [-0.1, -0.05) is 38.6 Å². The minimum Gasteiger partial charge on any atom is -0.378 e. The van der Waals surface area contributed by atoms with Gasteiger partial charge in [-0.25, -0.2) is 0 Å². The van der Waals surface area contributed by atoms with Crippen molar-refractivity contribution in [2.75, 3.05) is 7.05 Å². The lowest BCUT2D eigenvalue weighted by molar-refractivity contribution is 0.557. The summed E-state index contributed by atoms with van der Waals surface area (Å²) in [6, 6.07) is 0. The van der Waals surface area contributed by atoms with Crippen LogP contribution >= 0.6 is 11.8 Å². The molecule has 0 bridgehead atoms. The van der Waals surface area contributed by atoms with E-state index in [0.29, 0.717) is 11.1 Å². The predicted octanol–water partition coefficient (Wildman–Crippen LogP) is 3.00. The normalized spacial score (nSPS) is 14.2. The maximum absolute atomic E-state index is 5.61. The second-order valence-corrected chi connectivity index (χ2v) is 4.17. The van der Waals surface area contributed by atoms with Crippen LogP contribution in [0.25, 0.3) is 0 Å². The summed E-state index contributed by atoms with van der Waals surface area (Å²) in [5.41, 5.74) is 5.61. The zero-order chi connectivity index (χ0) is 10.3. The fraction of sp³-hybridized carbons (Fsp3) is 0.700. The Kier molecular flexibility index (Phi) is 6.77. The molecular formula is C10H20N2S. The number of rotatable bonds is 5. The number of allylic oxidation sites excluding steroid dienone is 1. The minimum absolute atomic E-state index is 0.579. The molecule has 0 spiro atoms. The van der Waals surface area contributed by atoms with Crippen molar-refractivity contribution in [1.29, 1.82) is 0 Å². The summed E-state index contributed by atoms with van der Waals surface area (Å²) in [4.78, 5) is 5.05. The van der Waals surface area contributed by atoms with E-state index in [1.54, 1.807) is 7.05 Å². The highest BCUT2D eigenvalue weighted by molar-refractivity contribution is 8.17. The largest absolute Gasteiger partial charge is 0.378 e. The van der Waals surface area contributed by atoms with Crippen molar-refractivity contribution < 1.29 is 0 Å². The van der Waals surface area contributed by atoms with Gasteiger partial charge >= 0.3 is 0 Å². The van der Waals surface area contributed by atoms with Gasteiger partial charge in [-0.2, -0.15) is 0 Å². The Hall–Kier alpha value is -0.440. The van der Waals surface area contributed by atoms with Gasteiger partial charge in [-0.15, -0.1) is 0 Å². The average molecular weight is 200 g/mol. The number of amidine groups is 1. The first-order chi connectivity index (χ1) is 6.15. The molecule has 0 aliphatic heterocycles. The standard InChI is InChI=1S/C10H20N2S/c1-5-7-9(6-2)8(3)13-10(11)12-4/h9H,3,5-7H2,1-2,4H3,(H2,11,12). The second-order valence-electron chi connectivity index (χ2n) is 3.02. The fourth-order valence-corrected chi connectivity index (χ4v) is 2.02. The van der Waals surface area contributed by atoms with Crippen LogP contribution in [0.3, 0.4) is 0 Å². The van der Waals surface area contributed by atoms with Crippen LogP contribution in [0.15, 0.2) is 16.5 Å². The molecule has 0 saturated carbocycles. The second kappa shape index (κ2) is 7.01. The highest BCUT2D eigenvalue weighted by Gasteiger charge is 2.10. The van der Waals surface area contributed by atoms with E-state index < -0.39 is 0 Å². The van der Waals surface area contributed by atoms with Crippen molar-refractivity contribution in [2.24, 2.45) is 16.6 Å². The van der Waals surface area contributed by atoms with E-state index in [1.165, 1.54) is 24.6 Å². The third-order valence-corrected chi connectivity index (χ3v) is 3.03. The molecule has 1 atom stereocenters. The quantitative estimate of drug-likeness (QED) is 0.547. The Morgan fingerprint density at radius 3 is 2.54 bits per heavy atom. The molecule has 2 nitrogen and oxygen atoms in total. The summed E-state index contributed by atoms with van der Waals surface area (Å²) < 4.78 is 0. The van der Waals surface area contributed by atoms with Crippen molar-refractivity contribution in [2.45, 2.75) is 33.1 Å². The van der Waals surface area contributed by atoms with Crippen LogP contribution < -0.4 is 5.73 Å². The minimum atomic E-state index is 0.579. The lowest BCUT2D eigenvalue weighted by atomic mass is 10.0. The van der Waals surface area contributed by atoms with E-state index in [0.717, 1.165) is 11.3 Å². The first-order valence-corrected chi connectivity index (χ1v) is 5.56. The Morgan fingerprint density at radius 1 is 1.54 bits per heavy atom. The molecule has 3 heteroatoms. The molecule has 0 heterocycles. The lowest BCUT2D eigenvalue weighted by Crippen LogP contribution is -2.09. The van der Waals surface area contributed by atoms with E-state index in [9.17, 15) is 0 Å². The first-order valence-electron chi connectivity index (χ1n) is 4.74. The number of thioether (sulfide) groups is 1. The maximum atomic E-state index is 5.61. The summed E-state index contributed by atoms with van der Waals surface area (Å²) in [6.07, 6.45) is 3.53. The summed E-state index contributed by atoms with van der Waals surface area (Å²) >= 11 is 1.51. The molecule has 0 aliphatic rings. The Balaban J connectivity index is 4.05. The van der Waals surface area contributed by atoms with Gasteiger partial charge < -0.3 is 5.73 Å². The highest BCUT2D eigenvalue weighted by Crippen LogP contribution is 2.28. The van der Waals surface area contributed by atoms with E-state index >= 15 is 0 Å². The third-order valence-electron chi connectivity index (χ3n) is 2.04. The van der Waals surface area contributed by atoms with Gasteiger partial charge in [0.05, 0.1) is 0 Å². The number of nitrogens with zero attached hydrogens (tertiary/aromatic N) is 1. The zero-order valence-corrected chi connectivity index (χ0v) is 9.66. The number of aliphatic imine (C=N–C) groups is 1. The van der Waals surface area contributed by atoms with Crippen molar-refractivity contribution in [3.05, 3.63) is 11.5 Å². The van der Waals surface area contributed by atoms with Crippen molar-refractivity contribution >= 4 is 16.9 Å². The Bertz CT molecular complexity index is 187. The van der Waals surface area contributed by atoms with E-state index in [-0.39, 0.29) is 0 Å². The van der Waals surface area contributed by atoms with Gasteiger partial charge in [0.25, 0.3) is 0 Å². The van der Waals surface area contributed by atoms with Gasteiger partial charge in [0, 0.05) is 7.05 Å². The van der Waals surface area contributed by atoms with Crippen molar-refractivity contribution in [1.82, 2.24) is 0 Å². The van der Waals surface area contributed by atoms with Crippen LogP contribution in [-0.2, 0) is 0 Å². The molecule has 0 rings (SSSR count). The SMILES string of the molecule is C=C(S/C(N)=N\C)C(CC)CCC. The topological polar surface area (TPSA) is 38.4 Å². The molecule has 0 aromatic rings. The van der Waals surface area contributed by atoms with Crippen LogP contribution in [0.4, 0.5) is 0 Å². The summed E-state index contributed by atoms with van der Waals surface area (Å²) in [5, 5.41) is 0.611. The van der Waals surface area contributed by atoms with Crippen LogP contribution in [0.5, 0.6) is 0 Å². The monoisotopic (exact) mass is 200 g/mol. The predicted molar refractivity (Wildman–Crippen MR) is 63.0 cm³/mol. The molecule has 1 unspecified atom stereocenters. The van der Waals surface area contributed by atoms with Gasteiger partial charge in [0.1, 0.15) is 0 Å². The summed E-state index contributed by atoms with van der Waals surface area (Å²) in [7, 11) is 1.70. The number of hydrogen-bond acceptors (Lipinski definition) is 2. The third kappa shape index (κ3) is 4.98. The van der Waals surface area contributed by atoms with Crippen molar-refractivity contribution in [3.63, 3.8) is 0 Å². The lowest BCUT2D eigenvalue weighted by Gasteiger charge is -2.15. The molecule has 0 saturated heterocycles. The molecule has 0 aromatic carbocycles. The molecule has 0 aromatic heterocycles. The van der Waals surface area contributed by atoms with E-state index in [2.05, 4.69) is 25.4 Å². The van der Waals surface area contributed by atoms with E-state index in [4.69, 9.17) is 5.73 Å². The zero-order valence-electron chi connectivity index (χ0n) is 8.84. The average Bonchev–Trinajstić information content (AvgIpc) is 2.13. The number of nitrogens with two attached hydrogens (primary N) is 1. The summed E-state index contributed by atoms with van der Waals surface area (Å²) in [5.74, 6) is 0.579. The highest BCUT2D eigenvalue weighted by atomic mass is 32.2. The molecule has 0 amide bonds. The van der Waals surface area contributed by atoms with Crippen molar-refractivity contribution in [3.8, 4) is 0 Å². The Labute approximate surface area is 85.7 Å². The van der Waals surface area contributed by atoms with Crippen LogP contribution in [-0.4, -0.2) is 12.2 Å². The van der Waals surface area contributed by atoms with Crippen LogP contribution in [0.2, 0.25) is 0 Å². The smallest absolute Gasteiger partial charge is 0.158 e. The maximum Gasteiger partial charge on any atom is 0.158 e. The summed E-state index contributed by atoms with van der Waals surface area (Å²) in [6.45, 7) is 8.41. The molecule has 0 fully saturated rings.